The Bertz CT molecular complexity index is 1090. The van der Waals surface area contributed by atoms with Crippen LogP contribution in [0.2, 0.25) is 5.02 Å². The molecular weight excluding hydrogens is 457 g/mol. The standard InChI is InChI=1S/C23H16BrClFNO2/c1-28-22-11-17(9-18(13-27)16-3-2-4-20(26)10-16)21(24)12-23(22)29-14-15-5-7-19(25)8-6-15/h2-12H,14H2,1H3/b18-9-. The summed E-state index contributed by atoms with van der Waals surface area (Å²) in [6, 6.07) is 19.0. The van der Waals surface area contributed by atoms with Gasteiger partial charge >= 0.3 is 0 Å². The number of allylic oxidation sites excluding steroid dienone is 1. The lowest BCUT2D eigenvalue weighted by Crippen LogP contribution is -1.98. The van der Waals surface area contributed by atoms with E-state index in [1.54, 1.807) is 49.6 Å². The molecule has 0 atom stereocenters. The van der Waals surface area contributed by atoms with E-state index in [2.05, 4.69) is 22.0 Å². The average Bonchev–Trinajstić information content (AvgIpc) is 2.72. The Kier molecular flexibility index (Phi) is 6.92. The van der Waals surface area contributed by atoms with Crippen LogP contribution in [0.1, 0.15) is 16.7 Å². The van der Waals surface area contributed by atoms with Gasteiger partial charge in [0.25, 0.3) is 0 Å². The van der Waals surface area contributed by atoms with Gasteiger partial charge in [0.2, 0.25) is 0 Å². The number of nitrogens with zero attached hydrogens (tertiary/aromatic N) is 1. The molecule has 0 unspecified atom stereocenters. The normalized spacial score (nSPS) is 11.1. The van der Waals surface area contributed by atoms with Gasteiger partial charge in [0.05, 0.1) is 18.8 Å². The average molecular weight is 473 g/mol. The first-order valence-corrected chi connectivity index (χ1v) is 9.80. The van der Waals surface area contributed by atoms with Crippen LogP contribution in [0.4, 0.5) is 4.39 Å². The van der Waals surface area contributed by atoms with Gasteiger partial charge in [-0.05, 0) is 59.2 Å². The van der Waals surface area contributed by atoms with Gasteiger partial charge in [-0.3, -0.25) is 0 Å². The Balaban J connectivity index is 1.89. The first-order chi connectivity index (χ1) is 14.0. The van der Waals surface area contributed by atoms with Gasteiger partial charge in [-0.15, -0.1) is 0 Å². The fraction of sp³-hybridized carbons (Fsp3) is 0.0870. The van der Waals surface area contributed by atoms with Crippen molar-refractivity contribution in [1.29, 1.82) is 5.26 Å². The lowest BCUT2D eigenvalue weighted by Gasteiger charge is -2.13. The van der Waals surface area contributed by atoms with Crippen molar-refractivity contribution in [3.8, 4) is 17.6 Å². The second kappa shape index (κ2) is 9.60. The maximum atomic E-state index is 13.5. The fourth-order valence-corrected chi connectivity index (χ4v) is 3.23. The molecule has 0 aliphatic rings. The predicted octanol–water partition coefficient (Wildman–Crippen LogP) is 6.89. The first kappa shape index (κ1) is 20.9. The third-order valence-electron chi connectivity index (χ3n) is 4.15. The molecule has 3 aromatic carbocycles. The molecule has 0 saturated carbocycles. The lowest BCUT2D eigenvalue weighted by molar-refractivity contribution is 0.284. The molecule has 29 heavy (non-hydrogen) atoms. The molecule has 146 valence electrons. The molecule has 0 amide bonds. The summed E-state index contributed by atoms with van der Waals surface area (Å²) in [5, 5.41) is 10.2. The molecule has 0 saturated heterocycles. The lowest BCUT2D eigenvalue weighted by atomic mass is 10.0. The van der Waals surface area contributed by atoms with Gasteiger partial charge in [0.1, 0.15) is 12.4 Å². The molecule has 0 heterocycles. The number of halogens is 3. The van der Waals surface area contributed by atoms with Crippen molar-refractivity contribution >= 4 is 39.2 Å². The molecule has 3 nitrogen and oxygen atoms in total. The topological polar surface area (TPSA) is 42.2 Å². The van der Waals surface area contributed by atoms with Gasteiger partial charge in [-0.25, -0.2) is 4.39 Å². The summed E-state index contributed by atoms with van der Waals surface area (Å²) in [4.78, 5) is 0. The van der Waals surface area contributed by atoms with Crippen molar-refractivity contribution in [1.82, 2.24) is 0 Å². The minimum atomic E-state index is -0.397. The zero-order chi connectivity index (χ0) is 20.8. The van der Waals surface area contributed by atoms with Crippen LogP contribution in [-0.2, 0) is 6.61 Å². The van der Waals surface area contributed by atoms with Crippen molar-refractivity contribution < 1.29 is 13.9 Å². The van der Waals surface area contributed by atoms with Crippen molar-refractivity contribution in [3.05, 3.63) is 92.7 Å². The van der Waals surface area contributed by atoms with Crippen molar-refractivity contribution in [2.45, 2.75) is 6.61 Å². The molecule has 3 rings (SSSR count). The van der Waals surface area contributed by atoms with E-state index in [0.717, 1.165) is 5.56 Å². The van der Waals surface area contributed by atoms with Crippen molar-refractivity contribution in [2.75, 3.05) is 7.11 Å². The zero-order valence-corrected chi connectivity index (χ0v) is 17.8. The second-order valence-electron chi connectivity index (χ2n) is 6.12. The molecule has 0 bridgehead atoms. The number of ether oxygens (including phenoxy) is 2. The fourth-order valence-electron chi connectivity index (χ4n) is 2.67. The third-order valence-corrected chi connectivity index (χ3v) is 5.09. The maximum Gasteiger partial charge on any atom is 0.162 e. The monoisotopic (exact) mass is 471 g/mol. The van der Waals surface area contributed by atoms with Gasteiger partial charge in [0, 0.05) is 9.50 Å². The Morgan fingerprint density at radius 3 is 2.55 bits per heavy atom. The SMILES string of the molecule is COc1cc(/C=C(/C#N)c2cccc(F)c2)c(Br)cc1OCc1ccc(Cl)cc1. The van der Waals surface area contributed by atoms with E-state index in [9.17, 15) is 9.65 Å². The smallest absolute Gasteiger partial charge is 0.162 e. The zero-order valence-electron chi connectivity index (χ0n) is 15.5. The second-order valence-corrected chi connectivity index (χ2v) is 7.41. The summed E-state index contributed by atoms with van der Waals surface area (Å²) >= 11 is 9.41. The van der Waals surface area contributed by atoms with Gasteiger partial charge in [-0.2, -0.15) is 5.26 Å². The van der Waals surface area contributed by atoms with Crippen LogP contribution in [0, 0.1) is 17.1 Å². The number of nitriles is 1. The highest BCUT2D eigenvalue weighted by Crippen LogP contribution is 2.36. The van der Waals surface area contributed by atoms with E-state index in [4.69, 9.17) is 21.1 Å². The molecule has 6 heteroatoms. The van der Waals surface area contributed by atoms with E-state index < -0.39 is 5.82 Å². The summed E-state index contributed by atoms with van der Waals surface area (Å²) in [6.07, 6.45) is 1.67. The highest BCUT2D eigenvalue weighted by atomic mass is 79.9. The minimum Gasteiger partial charge on any atom is -0.493 e. The van der Waals surface area contributed by atoms with Gasteiger partial charge < -0.3 is 9.47 Å². The number of benzene rings is 3. The summed E-state index contributed by atoms with van der Waals surface area (Å²) in [7, 11) is 1.55. The Hall–Kier alpha value is -2.81. The molecule has 0 spiro atoms. The Labute approximate surface area is 182 Å². The van der Waals surface area contributed by atoms with Crippen LogP contribution in [-0.4, -0.2) is 7.11 Å². The number of methoxy groups -OCH3 is 1. The molecule has 3 aromatic rings. The van der Waals surface area contributed by atoms with E-state index in [1.165, 1.54) is 12.1 Å². The molecule has 0 radical (unpaired) electrons. The quantitative estimate of drug-likeness (QED) is 0.290. The van der Waals surface area contributed by atoms with E-state index in [1.807, 2.05) is 12.1 Å². The number of hydrogen-bond acceptors (Lipinski definition) is 3. The number of rotatable bonds is 6. The van der Waals surface area contributed by atoms with Crippen LogP contribution in [0.5, 0.6) is 11.5 Å². The van der Waals surface area contributed by atoms with Crippen molar-refractivity contribution in [3.63, 3.8) is 0 Å². The van der Waals surface area contributed by atoms with E-state index in [-0.39, 0.29) is 0 Å². The van der Waals surface area contributed by atoms with E-state index in [0.29, 0.717) is 44.3 Å². The van der Waals surface area contributed by atoms with Crippen LogP contribution in [0.15, 0.2) is 65.1 Å². The van der Waals surface area contributed by atoms with Crippen molar-refractivity contribution in [2.24, 2.45) is 0 Å². The summed E-state index contributed by atoms with van der Waals surface area (Å²) in [5.41, 5.74) is 2.51. The first-order valence-electron chi connectivity index (χ1n) is 8.62. The Morgan fingerprint density at radius 1 is 1.14 bits per heavy atom. The van der Waals surface area contributed by atoms with E-state index >= 15 is 0 Å². The molecule has 0 aliphatic carbocycles. The highest BCUT2D eigenvalue weighted by Gasteiger charge is 2.11. The molecule has 0 fully saturated rings. The Morgan fingerprint density at radius 2 is 1.90 bits per heavy atom. The highest BCUT2D eigenvalue weighted by molar-refractivity contribution is 9.10. The van der Waals surface area contributed by atoms with Crippen LogP contribution in [0.3, 0.4) is 0 Å². The molecule has 0 N–H and O–H groups in total. The minimum absolute atomic E-state index is 0.335. The molecular formula is C23H16BrClFNO2. The van der Waals surface area contributed by atoms with Crippen LogP contribution >= 0.6 is 27.5 Å². The number of hydrogen-bond donors (Lipinski definition) is 0. The maximum absolute atomic E-state index is 13.5. The van der Waals surface area contributed by atoms with Crippen LogP contribution in [0.25, 0.3) is 11.6 Å². The largest absolute Gasteiger partial charge is 0.493 e. The summed E-state index contributed by atoms with van der Waals surface area (Å²) in [5.74, 6) is 0.673. The van der Waals surface area contributed by atoms with Gasteiger partial charge in [-0.1, -0.05) is 51.8 Å². The predicted molar refractivity (Wildman–Crippen MR) is 116 cm³/mol. The van der Waals surface area contributed by atoms with Crippen LogP contribution < -0.4 is 9.47 Å². The van der Waals surface area contributed by atoms with Gasteiger partial charge in [0.15, 0.2) is 11.5 Å². The summed E-state index contributed by atoms with van der Waals surface area (Å²) < 4.78 is 25.6. The summed E-state index contributed by atoms with van der Waals surface area (Å²) in [6.45, 7) is 0.349. The molecule has 0 aliphatic heterocycles. The molecule has 0 aromatic heterocycles. The third kappa shape index (κ3) is 5.38.